The lowest BCUT2D eigenvalue weighted by Gasteiger charge is -2.44. The van der Waals surface area contributed by atoms with Crippen LogP contribution in [-0.2, 0) is 0 Å². The van der Waals surface area contributed by atoms with Crippen LogP contribution in [0.25, 0.3) is 0 Å². The Balaban J connectivity index is 4.75. The minimum atomic E-state index is 0.287. The van der Waals surface area contributed by atoms with Crippen molar-refractivity contribution in [3.05, 3.63) is 24.9 Å². The molecule has 0 aromatic heterocycles. The van der Waals surface area contributed by atoms with Crippen LogP contribution in [0.4, 0.5) is 0 Å². The van der Waals surface area contributed by atoms with Crippen molar-refractivity contribution in [1.82, 2.24) is 4.90 Å². The molecule has 1 atom stereocenters. The fourth-order valence-corrected chi connectivity index (χ4v) is 1.80. The van der Waals surface area contributed by atoms with Crippen LogP contribution < -0.4 is 0 Å². The van der Waals surface area contributed by atoms with Crippen molar-refractivity contribution in [2.24, 2.45) is 10.8 Å². The number of hydrogen-bond acceptors (Lipinski definition) is 1. The zero-order valence-corrected chi connectivity index (χ0v) is 12.1. The molecular weight excluding hydrogens is 194 g/mol. The second kappa shape index (κ2) is 5.56. The van der Waals surface area contributed by atoms with E-state index < -0.39 is 0 Å². The quantitative estimate of drug-likeness (QED) is 0.600. The van der Waals surface area contributed by atoms with Gasteiger partial charge in [-0.1, -0.05) is 39.8 Å². The van der Waals surface area contributed by atoms with Gasteiger partial charge in [0.15, 0.2) is 0 Å². The maximum atomic E-state index is 4.01. The predicted octanol–water partition coefficient (Wildman–Crippen LogP) is 4.47. The molecule has 0 aliphatic carbocycles. The summed E-state index contributed by atoms with van der Waals surface area (Å²) in [6.45, 7) is 20.3. The van der Waals surface area contributed by atoms with Crippen LogP contribution in [0.3, 0.4) is 0 Å². The van der Waals surface area contributed by atoms with Gasteiger partial charge in [-0.25, -0.2) is 0 Å². The Kier molecular flexibility index (Phi) is 5.31. The van der Waals surface area contributed by atoms with E-state index in [1.807, 2.05) is 6.20 Å². The molecule has 0 saturated heterocycles. The Morgan fingerprint density at radius 1 is 1.25 bits per heavy atom. The van der Waals surface area contributed by atoms with Crippen LogP contribution in [-0.4, -0.2) is 18.5 Å². The highest BCUT2D eigenvalue weighted by Crippen LogP contribution is 2.43. The van der Waals surface area contributed by atoms with Crippen molar-refractivity contribution < 1.29 is 0 Å². The van der Waals surface area contributed by atoms with Gasteiger partial charge in [0, 0.05) is 13.6 Å². The lowest BCUT2D eigenvalue weighted by atomic mass is 9.65. The summed E-state index contributed by atoms with van der Waals surface area (Å²) in [6, 6.07) is 0. The van der Waals surface area contributed by atoms with E-state index in [4.69, 9.17) is 0 Å². The molecule has 0 saturated carbocycles. The highest BCUT2D eigenvalue weighted by molar-refractivity contribution is 4.96. The van der Waals surface area contributed by atoms with Gasteiger partial charge in [0.2, 0.25) is 0 Å². The number of allylic oxidation sites excluding steroid dienone is 1. The minimum Gasteiger partial charge on any atom is -0.380 e. The Bertz CT molecular complexity index is 247. The Morgan fingerprint density at radius 2 is 1.75 bits per heavy atom. The third-order valence-corrected chi connectivity index (χ3v) is 3.82. The molecule has 0 aromatic carbocycles. The van der Waals surface area contributed by atoms with Gasteiger partial charge in [-0.2, -0.15) is 0 Å². The second-order valence-corrected chi connectivity index (χ2v) is 6.37. The Labute approximate surface area is 102 Å². The first kappa shape index (κ1) is 15.3. The van der Waals surface area contributed by atoms with E-state index in [-0.39, 0.29) is 5.41 Å². The number of hydrogen-bond donors (Lipinski definition) is 0. The summed E-state index contributed by atoms with van der Waals surface area (Å²) >= 11 is 0. The molecule has 1 heteroatoms. The van der Waals surface area contributed by atoms with Gasteiger partial charge in [0.25, 0.3) is 0 Å². The van der Waals surface area contributed by atoms with E-state index in [9.17, 15) is 0 Å². The molecular formula is C15H29N. The van der Waals surface area contributed by atoms with E-state index >= 15 is 0 Å². The molecule has 0 fully saturated rings. The molecule has 0 aliphatic rings. The zero-order valence-electron chi connectivity index (χ0n) is 12.1. The molecule has 1 unspecified atom stereocenters. The molecule has 0 radical (unpaired) electrons. The molecule has 0 heterocycles. The lowest BCUT2D eigenvalue weighted by Crippen LogP contribution is -2.41. The van der Waals surface area contributed by atoms with Crippen LogP contribution >= 0.6 is 0 Å². The summed E-state index contributed by atoms with van der Waals surface area (Å²) in [5, 5.41) is 0. The van der Waals surface area contributed by atoms with Gasteiger partial charge in [0.1, 0.15) is 0 Å². The summed E-state index contributed by atoms with van der Waals surface area (Å²) in [5.41, 5.74) is 1.85. The van der Waals surface area contributed by atoms with Gasteiger partial charge in [-0.05, 0) is 36.8 Å². The molecule has 1 nitrogen and oxygen atoms in total. The SMILES string of the molecule is C=CN(C)CC(C)(CCC(=C)C)C(C)(C)C. The average molecular weight is 223 g/mol. The van der Waals surface area contributed by atoms with Crippen LogP contribution in [0, 0.1) is 10.8 Å². The topological polar surface area (TPSA) is 3.24 Å². The van der Waals surface area contributed by atoms with Crippen molar-refractivity contribution >= 4 is 0 Å². The Morgan fingerprint density at radius 3 is 2.06 bits per heavy atom. The van der Waals surface area contributed by atoms with Crippen molar-refractivity contribution in [2.45, 2.75) is 47.5 Å². The van der Waals surface area contributed by atoms with Gasteiger partial charge >= 0.3 is 0 Å². The maximum Gasteiger partial charge on any atom is 0.0228 e. The van der Waals surface area contributed by atoms with Crippen molar-refractivity contribution in [1.29, 1.82) is 0 Å². The molecule has 0 aromatic rings. The highest BCUT2D eigenvalue weighted by atomic mass is 15.1. The number of nitrogens with zero attached hydrogens (tertiary/aromatic N) is 1. The van der Waals surface area contributed by atoms with Crippen molar-refractivity contribution in [2.75, 3.05) is 13.6 Å². The molecule has 0 bridgehead atoms. The summed E-state index contributed by atoms with van der Waals surface area (Å²) in [5.74, 6) is 0. The lowest BCUT2D eigenvalue weighted by molar-refractivity contribution is 0.0683. The summed E-state index contributed by atoms with van der Waals surface area (Å²) < 4.78 is 0. The smallest absolute Gasteiger partial charge is 0.0228 e. The van der Waals surface area contributed by atoms with E-state index in [0.29, 0.717) is 5.41 Å². The molecule has 0 amide bonds. The zero-order chi connectivity index (χ0) is 13.0. The van der Waals surface area contributed by atoms with E-state index in [1.54, 1.807) is 0 Å². The summed E-state index contributed by atoms with van der Waals surface area (Å²) in [7, 11) is 2.09. The molecule has 0 rings (SSSR count). The largest absolute Gasteiger partial charge is 0.380 e. The Hall–Kier alpha value is -0.720. The van der Waals surface area contributed by atoms with E-state index in [2.05, 4.69) is 59.7 Å². The van der Waals surface area contributed by atoms with Crippen LogP contribution in [0.2, 0.25) is 0 Å². The summed E-state index contributed by atoms with van der Waals surface area (Å²) in [6.07, 6.45) is 4.20. The van der Waals surface area contributed by atoms with Crippen LogP contribution in [0.15, 0.2) is 24.9 Å². The monoisotopic (exact) mass is 223 g/mol. The first-order valence-corrected chi connectivity index (χ1v) is 6.09. The molecule has 0 N–H and O–H groups in total. The third-order valence-electron chi connectivity index (χ3n) is 3.82. The molecule has 16 heavy (non-hydrogen) atoms. The minimum absolute atomic E-state index is 0.287. The first-order valence-electron chi connectivity index (χ1n) is 6.09. The van der Waals surface area contributed by atoms with Gasteiger partial charge < -0.3 is 4.90 Å². The predicted molar refractivity (Wildman–Crippen MR) is 74.4 cm³/mol. The fourth-order valence-electron chi connectivity index (χ4n) is 1.80. The molecule has 0 aliphatic heterocycles. The van der Waals surface area contributed by atoms with Crippen LogP contribution in [0.1, 0.15) is 47.5 Å². The summed E-state index contributed by atoms with van der Waals surface area (Å²) in [4.78, 5) is 2.18. The van der Waals surface area contributed by atoms with Crippen LogP contribution in [0.5, 0.6) is 0 Å². The van der Waals surface area contributed by atoms with E-state index in [0.717, 1.165) is 13.0 Å². The second-order valence-electron chi connectivity index (χ2n) is 6.37. The average Bonchev–Trinajstić information content (AvgIpc) is 2.12. The van der Waals surface area contributed by atoms with E-state index in [1.165, 1.54) is 12.0 Å². The van der Waals surface area contributed by atoms with Crippen molar-refractivity contribution in [3.8, 4) is 0 Å². The third kappa shape index (κ3) is 4.42. The van der Waals surface area contributed by atoms with Gasteiger partial charge in [0.05, 0.1) is 0 Å². The first-order chi connectivity index (χ1) is 7.12. The molecule has 94 valence electrons. The highest BCUT2D eigenvalue weighted by Gasteiger charge is 2.37. The number of rotatable bonds is 6. The fraction of sp³-hybridized carbons (Fsp3) is 0.733. The standard InChI is InChI=1S/C15H29N/c1-9-16(8)12-15(7,14(4,5)6)11-10-13(2)3/h9H,1-2,10-12H2,3-8H3. The molecule has 0 spiro atoms. The normalized spacial score (nSPS) is 15.4. The maximum absolute atomic E-state index is 4.01. The van der Waals surface area contributed by atoms with Gasteiger partial charge in [-0.3, -0.25) is 0 Å². The van der Waals surface area contributed by atoms with Crippen molar-refractivity contribution in [3.63, 3.8) is 0 Å². The van der Waals surface area contributed by atoms with Gasteiger partial charge in [-0.15, -0.1) is 6.58 Å².